The van der Waals surface area contributed by atoms with Crippen molar-refractivity contribution < 1.29 is 9.53 Å². The highest BCUT2D eigenvalue weighted by Crippen LogP contribution is 2.48. The van der Waals surface area contributed by atoms with Crippen molar-refractivity contribution in [3.8, 4) is 0 Å². The number of hydrogen-bond acceptors (Lipinski definition) is 4. The Bertz CT molecular complexity index is 644. The maximum atomic E-state index is 12.2. The van der Waals surface area contributed by atoms with E-state index >= 15 is 0 Å². The maximum absolute atomic E-state index is 12.2. The Morgan fingerprint density at radius 3 is 2.09 bits per heavy atom. The van der Waals surface area contributed by atoms with Crippen LogP contribution in [0.1, 0.15) is 17.8 Å². The quantitative estimate of drug-likeness (QED) is 0.636. The van der Waals surface area contributed by atoms with E-state index in [0.29, 0.717) is 6.42 Å². The second kappa shape index (κ2) is 5.89. The smallest absolute Gasteiger partial charge is 0.307 e. The van der Waals surface area contributed by atoms with Crippen LogP contribution in [0.4, 0.5) is 0 Å². The number of pyridine rings is 2. The molecule has 0 aromatic carbocycles. The zero-order valence-corrected chi connectivity index (χ0v) is 14.8. The number of esters is 1. The van der Waals surface area contributed by atoms with E-state index in [9.17, 15) is 4.79 Å². The van der Waals surface area contributed by atoms with E-state index in [1.807, 2.05) is 36.4 Å². The average Bonchev–Trinajstić information content (AvgIpc) is 2.84. The third kappa shape index (κ3) is 3.06. The zero-order valence-electron chi connectivity index (χ0n) is 13.8. The lowest BCUT2D eigenvalue weighted by atomic mass is 9.82. The molecule has 1 atom stereocenters. The molecule has 1 unspecified atom stereocenters. The van der Waals surface area contributed by atoms with Gasteiger partial charge in [0.25, 0.3) is 0 Å². The van der Waals surface area contributed by atoms with E-state index in [1.54, 1.807) is 12.4 Å². The number of ether oxygens (including phenoxy) is 1. The van der Waals surface area contributed by atoms with Gasteiger partial charge in [-0.05, 0) is 30.3 Å². The van der Waals surface area contributed by atoms with E-state index in [0.717, 1.165) is 17.4 Å². The van der Waals surface area contributed by atoms with Crippen molar-refractivity contribution in [2.24, 2.45) is 5.92 Å². The van der Waals surface area contributed by atoms with E-state index < -0.39 is 13.7 Å². The molecule has 0 bridgehead atoms. The molecule has 2 aromatic heterocycles. The molecule has 1 aliphatic heterocycles. The largest absolute Gasteiger partial charge is 0.446 e. The molecule has 0 aliphatic carbocycles. The summed E-state index contributed by atoms with van der Waals surface area (Å²) >= 11 is 0. The van der Waals surface area contributed by atoms with Gasteiger partial charge in [-0.3, -0.25) is 14.8 Å². The van der Waals surface area contributed by atoms with Gasteiger partial charge in [-0.25, -0.2) is 0 Å². The van der Waals surface area contributed by atoms with Gasteiger partial charge in [-0.2, -0.15) is 0 Å². The summed E-state index contributed by atoms with van der Waals surface area (Å²) in [5, 5.41) is 0. The van der Waals surface area contributed by atoms with Crippen molar-refractivity contribution in [1.29, 1.82) is 0 Å². The van der Waals surface area contributed by atoms with Crippen molar-refractivity contribution in [2.45, 2.75) is 37.7 Å². The fourth-order valence-electron chi connectivity index (χ4n) is 3.42. The van der Waals surface area contributed by atoms with Crippen molar-refractivity contribution >= 4 is 14.0 Å². The van der Waals surface area contributed by atoms with Gasteiger partial charge in [0.15, 0.2) is 5.60 Å². The molecule has 0 amide bonds. The second-order valence-electron chi connectivity index (χ2n) is 7.31. The monoisotopic (exact) mass is 326 g/mol. The molecule has 3 heterocycles. The summed E-state index contributed by atoms with van der Waals surface area (Å²) in [6.07, 6.45) is 3.92. The standard InChI is InChI=1S/C18H22N2O2Si/c1-23(2,3)13-14-12-17(21)22-18(14,15-8-4-6-10-19-15)16-9-5-7-11-20-16/h4-11,14H,12-13H2,1-3H3. The number of aromatic nitrogens is 2. The fraction of sp³-hybridized carbons (Fsp3) is 0.389. The van der Waals surface area contributed by atoms with Crippen molar-refractivity contribution in [1.82, 2.24) is 9.97 Å². The highest BCUT2D eigenvalue weighted by Gasteiger charge is 2.54. The summed E-state index contributed by atoms with van der Waals surface area (Å²) in [6.45, 7) is 6.95. The van der Waals surface area contributed by atoms with E-state index in [1.165, 1.54) is 0 Å². The molecule has 0 radical (unpaired) electrons. The lowest BCUT2D eigenvalue weighted by Gasteiger charge is -2.35. The second-order valence-corrected chi connectivity index (χ2v) is 12.8. The minimum absolute atomic E-state index is 0.0754. The number of carbonyl (C=O) groups excluding carboxylic acids is 1. The summed E-state index contributed by atoms with van der Waals surface area (Å²) < 4.78 is 5.94. The number of hydrogen-bond donors (Lipinski definition) is 0. The molecule has 3 rings (SSSR count). The summed E-state index contributed by atoms with van der Waals surface area (Å²) in [6, 6.07) is 12.5. The van der Waals surface area contributed by atoms with Gasteiger partial charge in [-0.1, -0.05) is 31.8 Å². The number of cyclic esters (lactones) is 1. The molecule has 0 N–H and O–H groups in total. The Labute approximate surface area is 137 Å². The van der Waals surface area contributed by atoms with E-state index in [4.69, 9.17) is 4.74 Å². The maximum Gasteiger partial charge on any atom is 0.307 e. The first-order valence-electron chi connectivity index (χ1n) is 7.97. The van der Waals surface area contributed by atoms with Gasteiger partial charge in [0.1, 0.15) is 0 Å². The highest BCUT2D eigenvalue weighted by atomic mass is 28.3. The molecule has 0 saturated carbocycles. The third-order valence-electron chi connectivity index (χ3n) is 4.21. The van der Waals surface area contributed by atoms with Gasteiger partial charge in [-0.15, -0.1) is 0 Å². The molecular weight excluding hydrogens is 304 g/mol. The van der Waals surface area contributed by atoms with Gasteiger partial charge in [0, 0.05) is 26.4 Å². The first-order valence-corrected chi connectivity index (χ1v) is 11.7. The molecule has 5 heteroatoms. The Morgan fingerprint density at radius 2 is 1.65 bits per heavy atom. The van der Waals surface area contributed by atoms with Crippen LogP contribution in [0.2, 0.25) is 25.7 Å². The summed E-state index contributed by atoms with van der Waals surface area (Å²) in [5.74, 6) is -0.0870. The Kier molecular flexibility index (Phi) is 4.06. The minimum atomic E-state index is -1.39. The van der Waals surface area contributed by atoms with Gasteiger partial charge in [0.2, 0.25) is 0 Å². The van der Waals surface area contributed by atoms with E-state index in [2.05, 4.69) is 29.6 Å². The molecule has 1 aliphatic rings. The number of rotatable bonds is 4. The van der Waals surface area contributed by atoms with Crippen LogP contribution in [0.5, 0.6) is 0 Å². The van der Waals surface area contributed by atoms with Crippen molar-refractivity contribution in [2.75, 3.05) is 0 Å². The molecule has 1 fully saturated rings. The van der Waals surface area contributed by atoms with Crippen molar-refractivity contribution in [3.05, 3.63) is 60.2 Å². The highest BCUT2D eigenvalue weighted by molar-refractivity contribution is 6.76. The normalized spacial score (nSPS) is 20.3. The topological polar surface area (TPSA) is 52.1 Å². The Hall–Kier alpha value is -2.01. The predicted molar refractivity (Wildman–Crippen MR) is 91.6 cm³/mol. The molecule has 2 aromatic rings. The predicted octanol–water partition coefficient (Wildman–Crippen LogP) is 3.62. The summed E-state index contributed by atoms with van der Waals surface area (Å²) in [5.41, 5.74) is 0.681. The zero-order chi connectivity index (χ0) is 16.5. The average molecular weight is 326 g/mol. The van der Waals surface area contributed by atoms with E-state index in [-0.39, 0.29) is 11.9 Å². The van der Waals surface area contributed by atoms with Crippen LogP contribution in [0.15, 0.2) is 48.8 Å². The molecule has 0 spiro atoms. The molecule has 23 heavy (non-hydrogen) atoms. The number of carbonyl (C=O) groups is 1. The first kappa shape index (κ1) is 15.9. The summed E-state index contributed by atoms with van der Waals surface area (Å²) in [7, 11) is -1.39. The fourth-order valence-corrected chi connectivity index (χ4v) is 5.33. The van der Waals surface area contributed by atoms with Crippen LogP contribution in [-0.2, 0) is 15.1 Å². The van der Waals surface area contributed by atoms with Crippen molar-refractivity contribution in [3.63, 3.8) is 0 Å². The molecular formula is C18H22N2O2Si. The van der Waals surface area contributed by atoms with Crippen LogP contribution in [0.3, 0.4) is 0 Å². The number of nitrogens with zero attached hydrogens (tertiary/aromatic N) is 2. The summed E-state index contributed by atoms with van der Waals surface area (Å²) in [4.78, 5) is 21.3. The lowest BCUT2D eigenvalue weighted by molar-refractivity contribution is -0.147. The van der Waals surface area contributed by atoms with Crippen LogP contribution < -0.4 is 0 Å². The molecule has 1 saturated heterocycles. The van der Waals surface area contributed by atoms with Crippen LogP contribution in [0.25, 0.3) is 0 Å². The molecule has 4 nitrogen and oxygen atoms in total. The third-order valence-corrected chi connectivity index (χ3v) is 5.93. The Balaban J connectivity index is 2.17. The van der Waals surface area contributed by atoms with Gasteiger partial charge < -0.3 is 4.74 Å². The lowest BCUT2D eigenvalue weighted by Crippen LogP contribution is -2.39. The van der Waals surface area contributed by atoms with Crippen LogP contribution >= 0.6 is 0 Å². The SMILES string of the molecule is C[Si](C)(C)CC1CC(=O)OC1(c1ccccn1)c1ccccn1. The minimum Gasteiger partial charge on any atom is -0.446 e. The molecule has 120 valence electrons. The van der Waals surface area contributed by atoms with Gasteiger partial charge in [0.05, 0.1) is 17.8 Å². The van der Waals surface area contributed by atoms with Crippen LogP contribution in [-0.4, -0.2) is 24.0 Å². The van der Waals surface area contributed by atoms with Crippen LogP contribution in [0, 0.1) is 5.92 Å². The Morgan fingerprint density at radius 1 is 1.09 bits per heavy atom. The first-order chi connectivity index (χ1) is 10.9. The van der Waals surface area contributed by atoms with Gasteiger partial charge >= 0.3 is 5.97 Å².